The Morgan fingerprint density at radius 1 is 0.593 bits per heavy atom. The first kappa shape index (κ1) is 51.5. The van der Waals surface area contributed by atoms with Gasteiger partial charge in [0.25, 0.3) is 7.82 Å². The topological polar surface area (TPSA) is 111 Å². The maximum atomic E-state index is 12.6. The summed E-state index contributed by atoms with van der Waals surface area (Å²) in [4.78, 5) is 37.4. The van der Waals surface area contributed by atoms with Crippen molar-refractivity contribution in [3.63, 3.8) is 0 Å². The minimum atomic E-state index is -4.63. The molecular weight excluding hydrogens is 701 g/mol. The van der Waals surface area contributed by atoms with Gasteiger partial charge in [-0.15, -0.1) is 0 Å². The van der Waals surface area contributed by atoms with Gasteiger partial charge in [0.05, 0.1) is 27.7 Å². The number of hydrogen-bond acceptors (Lipinski definition) is 8. The maximum Gasteiger partial charge on any atom is 0.306 e. The Labute approximate surface area is 329 Å². The molecule has 0 rings (SSSR count). The van der Waals surface area contributed by atoms with Gasteiger partial charge in [-0.25, -0.2) is 0 Å². The van der Waals surface area contributed by atoms with Crippen molar-refractivity contribution in [2.75, 3.05) is 47.5 Å². The number of esters is 2. The number of rotatable bonds is 36. The number of allylic oxidation sites excluding steroid dienone is 12. The molecule has 310 valence electrons. The molecule has 0 aliphatic heterocycles. The van der Waals surface area contributed by atoms with E-state index in [1.54, 1.807) is 0 Å². The molecule has 10 heteroatoms. The van der Waals surface area contributed by atoms with Crippen molar-refractivity contribution in [1.82, 2.24) is 0 Å². The smallest absolute Gasteiger partial charge is 0.306 e. The predicted molar refractivity (Wildman–Crippen MR) is 222 cm³/mol. The zero-order chi connectivity index (χ0) is 40.0. The summed E-state index contributed by atoms with van der Waals surface area (Å²) in [5.74, 6) is -0.893. The number of carbonyl (C=O) groups is 2. The lowest BCUT2D eigenvalue weighted by molar-refractivity contribution is -0.870. The van der Waals surface area contributed by atoms with Gasteiger partial charge in [0.15, 0.2) is 6.10 Å². The summed E-state index contributed by atoms with van der Waals surface area (Å²) in [6.07, 6.45) is 43.6. The molecule has 0 radical (unpaired) electrons. The lowest BCUT2D eigenvalue weighted by atomic mass is 10.1. The van der Waals surface area contributed by atoms with Gasteiger partial charge in [0, 0.05) is 12.8 Å². The minimum Gasteiger partial charge on any atom is -0.756 e. The van der Waals surface area contributed by atoms with Gasteiger partial charge in [0.2, 0.25) is 0 Å². The second-order valence-corrected chi connectivity index (χ2v) is 16.0. The largest absolute Gasteiger partial charge is 0.756 e. The quantitative estimate of drug-likeness (QED) is 0.0203. The fourth-order valence-electron chi connectivity index (χ4n) is 4.95. The molecule has 0 fully saturated rings. The third-order valence-electron chi connectivity index (χ3n) is 8.21. The molecular formula is C44H76NO8P. The van der Waals surface area contributed by atoms with Crippen molar-refractivity contribution in [2.45, 2.75) is 148 Å². The Bertz CT molecular complexity index is 1150. The van der Waals surface area contributed by atoms with Gasteiger partial charge in [-0.3, -0.25) is 14.2 Å². The minimum absolute atomic E-state index is 0.0417. The van der Waals surface area contributed by atoms with Crippen LogP contribution in [0.4, 0.5) is 0 Å². The van der Waals surface area contributed by atoms with Crippen LogP contribution in [0, 0.1) is 0 Å². The molecule has 0 aromatic carbocycles. The molecule has 0 heterocycles. The van der Waals surface area contributed by atoms with Gasteiger partial charge in [0.1, 0.15) is 19.8 Å². The average molecular weight is 778 g/mol. The van der Waals surface area contributed by atoms with E-state index in [1.165, 1.54) is 12.8 Å². The van der Waals surface area contributed by atoms with Crippen LogP contribution in [-0.4, -0.2) is 70.0 Å². The molecule has 0 spiro atoms. The van der Waals surface area contributed by atoms with Gasteiger partial charge in [-0.1, -0.05) is 125 Å². The fourth-order valence-corrected chi connectivity index (χ4v) is 5.68. The van der Waals surface area contributed by atoms with Crippen molar-refractivity contribution in [3.8, 4) is 0 Å². The molecule has 0 saturated heterocycles. The molecule has 0 saturated carbocycles. The molecule has 1 unspecified atom stereocenters. The lowest BCUT2D eigenvalue weighted by Crippen LogP contribution is -2.37. The molecule has 0 amide bonds. The number of nitrogens with zero attached hydrogens (tertiary/aromatic N) is 1. The van der Waals surface area contributed by atoms with E-state index < -0.39 is 32.5 Å². The first-order valence-corrected chi connectivity index (χ1v) is 22.1. The molecule has 0 bridgehead atoms. The maximum absolute atomic E-state index is 12.6. The molecule has 0 aromatic rings. The number of unbranched alkanes of at least 4 members (excludes halogenated alkanes) is 10. The Balaban J connectivity index is 4.45. The highest BCUT2D eigenvalue weighted by Crippen LogP contribution is 2.38. The van der Waals surface area contributed by atoms with Crippen LogP contribution in [0.5, 0.6) is 0 Å². The fraction of sp³-hybridized carbons (Fsp3) is 0.682. The van der Waals surface area contributed by atoms with Gasteiger partial charge in [-0.2, -0.15) is 0 Å². The summed E-state index contributed by atoms with van der Waals surface area (Å²) in [7, 11) is 1.13. The highest BCUT2D eigenvalue weighted by atomic mass is 31.2. The van der Waals surface area contributed by atoms with Crippen molar-refractivity contribution >= 4 is 19.8 Å². The zero-order valence-corrected chi connectivity index (χ0v) is 35.5. The zero-order valence-electron chi connectivity index (χ0n) is 34.6. The normalized spacial score (nSPS) is 14.4. The number of hydrogen-bond donors (Lipinski definition) is 0. The number of carbonyl (C=O) groups excluding carboxylic acids is 2. The van der Waals surface area contributed by atoms with Gasteiger partial charge < -0.3 is 27.9 Å². The highest BCUT2D eigenvalue weighted by molar-refractivity contribution is 7.45. The van der Waals surface area contributed by atoms with E-state index in [2.05, 4.69) is 86.8 Å². The summed E-state index contributed by atoms with van der Waals surface area (Å²) in [5.41, 5.74) is 0. The third kappa shape index (κ3) is 39.2. The third-order valence-corrected chi connectivity index (χ3v) is 9.17. The second kappa shape index (κ2) is 36.1. The van der Waals surface area contributed by atoms with E-state index in [1.807, 2.05) is 21.1 Å². The monoisotopic (exact) mass is 778 g/mol. The Hall–Kier alpha value is -2.55. The molecule has 0 aliphatic carbocycles. The number of likely N-dealkylation sites (N-methyl/N-ethyl adjacent to an activating group) is 1. The number of phosphoric acid groups is 1. The summed E-state index contributed by atoms with van der Waals surface area (Å²) >= 11 is 0. The first-order chi connectivity index (χ1) is 26.0. The van der Waals surface area contributed by atoms with E-state index in [9.17, 15) is 19.0 Å². The lowest BCUT2D eigenvalue weighted by Gasteiger charge is -2.28. The first-order valence-electron chi connectivity index (χ1n) is 20.6. The van der Waals surface area contributed by atoms with Crippen LogP contribution < -0.4 is 4.89 Å². The highest BCUT2D eigenvalue weighted by Gasteiger charge is 2.21. The molecule has 9 nitrogen and oxygen atoms in total. The van der Waals surface area contributed by atoms with E-state index in [4.69, 9.17) is 18.5 Å². The van der Waals surface area contributed by atoms with Crippen LogP contribution in [0.25, 0.3) is 0 Å². The Morgan fingerprint density at radius 3 is 1.61 bits per heavy atom. The molecule has 0 N–H and O–H groups in total. The molecule has 0 aromatic heterocycles. The van der Waals surface area contributed by atoms with Crippen molar-refractivity contribution < 1.29 is 42.1 Å². The Kier molecular flexibility index (Phi) is 34.4. The predicted octanol–water partition coefficient (Wildman–Crippen LogP) is 10.8. The van der Waals surface area contributed by atoms with Crippen LogP contribution in [0.1, 0.15) is 142 Å². The van der Waals surface area contributed by atoms with Gasteiger partial charge in [-0.05, 0) is 77.0 Å². The van der Waals surface area contributed by atoms with Crippen LogP contribution in [-0.2, 0) is 32.7 Å². The number of quaternary nitrogens is 1. The van der Waals surface area contributed by atoms with E-state index >= 15 is 0 Å². The van der Waals surface area contributed by atoms with Crippen molar-refractivity contribution in [2.24, 2.45) is 0 Å². The SMILES string of the molecule is CC/C=C\C/C=C\C/C=C\C/C=C\C/C=C\CCCCCC(=O)OC[C@H](COP(=O)([O-])OCC[N+](C)(C)C)OC(=O)CCCCCCC/C=C\CCCC. The van der Waals surface area contributed by atoms with Gasteiger partial charge >= 0.3 is 11.9 Å². The number of phosphoric ester groups is 1. The summed E-state index contributed by atoms with van der Waals surface area (Å²) in [5, 5.41) is 0. The van der Waals surface area contributed by atoms with Crippen LogP contribution in [0.15, 0.2) is 72.9 Å². The van der Waals surface area contributed by atoms with Crippen molar-refractivity contribution in [1.29, 1.82) is 0 Å². The second-order valence-electron chi connectivity index (χ2n) is 14.6. The van der Waals surface area contributed by atoms with E-state index in [0.29, 0.717) is 23.9 Å². The van der Waals surface area contributed by atoms with Crippen molar-refractivity contribution in [3.05, 3.63) is 72.9 Å². The summed E-state index contributed by atoms with van der Waals surface area (Å²) in [6, 6.07) is 0. The summed E-state index contributed by atoms with van der Waals surface area (Å²) < 4.78 is 33.7. The summed E-state index contributed by atoms with van der Waals surface area (Å²) in [6.45, 7) is 3.99. The standard InChI is InChI=1S/C44H76NO8P/c1-6-8-10-12-14-16-18-19-20-21-22-23-24-25-27-28-30-32-34-36-43(46)50-40-42(41-52-54(48,49)51-39-38-45(3,4)5)53-44(47)37-35-33-31-29-26-17-15-13-11-9-7-2/h8,10,13-16,19-20,22-23,25,27,42H,6-7,9,11-12,17-18,21,24,26,28-41H2,1-5H3/b10-8-,15-13-,16-14-,20-19-,23-22-,27-25-/t42-/m1/s1. The molecule has 0 aliphatic rings. The van der Waals surface area contributed by atoms with E-state index in [0.717, 1.165) is 89.9 Å². The molecule has 2 atom stereocenters. The van der Waals surface area contributed by atoms with Crippen LogP contribution >= 0.6 is 7.82 Å². The Morgan fingerprint density at radius 2 is 1.06 bits per heavy atom. The van der Waals surface area contributed by atoms with Crippen LogP contribution in [0.3, 0.4) is 0 Å². The van der Waals surface area contributed by atoms with E-state index in [-0.39, 0.29) is 26.1 Å². The molecule has 54 heavy (non-hydrogen) atoms. The van der Waals surface area contributed by atoms with Crippen LogP contribution in [0.2, 0.25) is 0 Å². The average Bonchev–Trinajstić information content (AvgIpc) is 3.12. The number of ether oxygens (including phenoxy) is 2.